The lowest BCUT2D eigenvalue weighted by molar-refractivity contribution is 0.101. The van der Waals surface area contributed by atoms with Gasteiger partial charge in [0.15, 0.2) is 5.78 Å². The summed E-state index contributed by atoms with van der Waals surface area (Å²) in [6.45, 7) is 1.95. The molecule has 1 aromatic carbocycles. The molecular formula is C12H12O2. The van der Waals surface area contributed by atoms with Crippen LogP contribution in [0.3, 0.4) is 0 Å². The van der Waals surface area contributed by atoms with Gasteiger partial charge >= 0.3 is 0 Å². The molecule has 0 saturated heterocycles. The molecular weight excluding hydrogens is 176 g/mol. The number of fused-ring (bicyclic) bond motifs is 1. The number of Topliss-reactive ketones (excluding diaryl/α,β-unsaturated/α-hetero) is 1. The molecule has 1 aromatic rings. The van der Waals surface area contributed by atoms with Crippen molar-refractivity contribution < 1.29 is 9.90 Å². The highest BCUT2D eigenvalue weighted by Gasteiger charge is 2.31. The van der Waals surface area contributed by atoms with Crippen molar-refractivity contribution in [1.29, 1.82) is 0 Å². The summed E-state index contributed by atoms with van der Waals surface area (Å²) in [7, 11) is 0. The zero-order chi connectivity index (χ0) is 10.1. The number of carbonyl (C=O) groups is 1. The van der Waals surface area contributed by atoms with Crippen LogP contribution in [-0.2, 0) is 0 Å². The third kappa shape index (κ3) is 1.19. The van der Waals surface area contributed by atoms with Gasteiger partial charge in [-0.25, -0.2) is 0 Å². The van der Waals surface area contributed by atoms with Crippen molar-refractivity contribution >= 4 is 5.78 Å². The Labute approximate surface area is 82.9 Å². The van der Waals surface area contributed by atoms with Gasteiger partial charge in [0, 0.05) is 11.1 Å². The Morgan fingerprint density at radius 2 is 2.14 bits per heavy atom. The molecule has 0 radical (unpaired) electrons. The SMILES string of the molecule is CC/C=C1\C(=O)c2ccccc2C1O. The van der Waals surface area contributed by atoms with Crippen LogP contribution >= 0.6 is 0 Å². The highest BCUT2D eigenvalue weighted by atomic mass is 16.3. The quantitative estimate of drug-likeness (QED) is 0.686. The van der Waals surface area contributed by atoms with Crippen molar-refractivity contribution in [2.45, 2.75) is 19.4 Å². The molecule has 0 bridgehead atoms. The molecule has 0 aromatic heterocycles. The average molecular weight is 188 g/mol. The van der Waals surface area contributed by atoms with E-state index in [-0.39, 0.29) is 5.78 Å². The molecule has 2 nitrogen and oxygen atoms in total. The molecule has 2 rings (SSSR count). The zero-order valence-corrected chi connectivity index (χ0v) is 8.03. The van der Waals surface area contributed by atoms with Gasteiger partial charge in [0.2, 0.25) is 0 Å². The second-order valence-corrected chi connectivity index (χ2v) is 3.39. The molecule has 0 saturated carbocycles. The Balaban J connectivity index is 2.54. The van der Waals surface area contributed by atoms with Gasteiger partial charge in [-0.3, -0.25) is 4.79 Å². The van der Waals surface area contributed by atoms with Gasteiger partial charge < -0.3 is 5.11 Å². The molecule has 1 aliphatic carbocycles. The minimum Gasteiger partial charge on any atom is -0.383 e. The molecule has 1 N–H and O–H groups in total. The summed E-state index contributed by atoms with van der Waals surface area (Å²) in [5.74, 6) is -0.0325. The van der Waals surface area contributed by atoms with E-state index < -0.39 is 6.10 Å². The van der Waals surface area contributed by atoms with Crippen LogP contribution in [0.5, 0.6) is 0 Å². The van der Waals surface area contributed by atoms with Gasteiger partial charge in [-0.05, 0) is 12.0 Å². The Hall–Kier alpha value is -1.41. The number of aliphatic hydroxyl groups is 1. The first kappa shape index (κ1) is 9.16. The van der Waals surface area contributed by atoms with E-state index in [1.807, 2.05) is 19.1 Å². The normalized spacial score (nSPS) is 22.9. The molecule has 0 fully saturated rings. The molecule has 2 heteroatoms. The van der Waals surface area contributed by atoms with Crippen LogP contribution in [0, 0.1) is 0 Å². The monoisotopic (exact) mass is 188 g/mol. The van der Waals surface area contributed by atoms with Crippen LogP contribution in [0.25, 0.3) is 0 Å². The summed E-state index contributed by atoms with van der Waals surface area (Å²) in [5.41, 5.74) is 1.89. The van der Waals surface area contributed by atoms with Crippen molar-refractivity contribution in [2.24, 2.45) is 0 Å². The molecule has 0 aliphatic heterocycles. The molecule has 14 heavy (non-hydrogen) atoms. The van der Waals surface area contributed by atoms with E-state index in [9.17, 15) is 9.90 Å². The summed E-state index contributed by atoms with van der Waals surface area (Å²) < 4.78 is 0. The molecule has 72 valence electrons. The predicted octanol–water partition coefficient (Wildman–Crippen LogP) is 2.25. The maximum atomic E-state index is 11.8. The molecule has 0 spiro atoms. The van der Waals surface area contributed by atoms with Crippen LogP contribution in [-0.4, -0.2) is 10.9 Å². The molecule has 0 amide bonds. The van der Waals surface area contributed by atoms with Crippen LogP contribution < -0.4 is 0 Å². The molecule has 1 unspecified atom stereocenters. The van der Waals surface area contributed by atoms with Crippen molar-refractivity contribution in [3.05, 3.63) is 47.0 Å². The number of hydrogen-bond acceptors (Lipinski definition) is 2. The third-order valence-electron chi connectivity index (χ3n) is 2.48. The van der Waals surface area contributed by atoms with E-state index >= 15 is 0 Å². The second-order valence-electron chi connectivity index (χ2n) is 3.39. The Kier molecular flexibility index (Phi) is 2.22. The molecule has 1 atom stereocenters. The first-order valence-corrected chi connectivity index (χ1v) is 4.77. The Bertz CT molecular complexity index is 405. The summed E-state index contributed by atoms with van der Waals surface area (Å²) in [4.78, 5) is 11.8. The van der Waals surface area contributed by atoms with Gasteiger partial charge in [0.25, 0.3) is 0 Å². The summed E-state index contributed by atoms with van der Waals surface area (Å²) in [6, 6.07) is 7.22. The second kappa shape index (κ2) is 3.39. The Morgan fingerprint density at radius 3 is 2.79 bits per heavy atom. The van der Waals surface area contributed by atoms with Crippen molar-refractivity contribution in [1.82, 2.24) is 0 Å². The standard InChI is InChI=1S/C12H12O2/c1-2-5-10-11(13)8-6-3-4-7-9(8)12(10)14/h3-7,11,13H,2H2,1H3/b10-5-. The number of hydrogen-bond donors (Lipinski definition) is 1. The first-order chi connectivity index (χ1) is 6.75. The summed E-state index contributed by atoms with van der Waals surface area (Å²) >= 11 is 0. The smallest absolute Gasteiger partial charge is 0.192 e. The molecule has 0 heterocycles. The van der Waals surface area contributed by atoms with E-state index in [1.165, 1.54) is 0 Å². The predicted molar refractivity (Wildman–Crippen MR) is 54.1 cm³/mol. The van der Waals surface area contributed by atoms with Gasteiger partial charge in [-0.15, -0.1) is 0 Å². The summed E-state index contributed by atoms with van der Waals surface area (Å²) in [6.07, 6.45) is 1.85. The number of ketones is 1. The van der Waals surface area contributed by atoms with E-state index in [1.54, 1.807) is 18.2 Å². The lowest BCUT2D eigenvalue weighted by Gasteiger charge is -2.02. The Morgan fingerprint density at radius 1 is 1.43 bits per heavy atom. The van der Waals surface area contributed by atoms with Gasteiger partial charge in [0.05, 0.1) is 0 Å². The van der Waals surface area contributed by atoms with Gasteiger partial charge in [-0.1, -0.05) is 37.3 Å². The van der Waals surface area contributed by atoms with Crippen LogP contribution in [0.4, 0.5) is 0 Å². The highest BCUT2D eigenvalue weighted by Crippen LogP contribution is 2.35. The van der Waals surface area contributed by atoms with Crippen LogP contribution in [0.2, 0.25) is 0 Å². The van der Waals surface area contributed by atoms with Crippen LogP contribution in [0.15, 0.2) is 35.9 Å². The summed E-state index contributed by atoms with van der Waals surface area (Å²) in [5, 5.41) is 9.85. The lowest BCUT2D eigenvalue weighted by atomic mass is 10.1. The maximum absolute atomic E-state index is 11.8. The van der Waals surface area contributed by atoms with Crippen LogP contribution in [0.1, 0.15) is 35.4 Å². The van der Waals surface area contributed by atoms with Crippen molar-refractivity contribution in [2.75, 3.05) is 0 Å². The van der Waals surface area contributed by atoms with Gasteiger partial charge in [0.1, 0.15) is 6.10 Å². The topological polar surface area (TPSA) is 37.3 Å². The fraction of sp³-hybridized carbons (Fsp3) is 0.250. The van der Waals surface area contributed by atoms with E-state index in [4.69, 9.17) is 0 Å². The largest absolute Gasteiger partial charge is 0.383 e. The molecule has 1 aliphatic rings. The van der Waals surface area contributed by atoms with E-state index in [0.717, 1.165) is 12.0 Å². The zero-order valence-electron chi connectivity index (χ0n) is 8.03. The third-order valence-corrected chi connectivity index (χ3v) is 2.48. The van der Waals surface area contributed by atoms with Gasteiger partial charge in [-0.2, -0.15) is 0 Å². The minimum atomic E-state index is -0.723. The lowest BCUT2D eigenvalue weighted by Crippen LogP contribution is -1.98. The first-order valence-electron chi connectivity index (χ1n) is 4.77. The minimum absolute atomic E-state index is 0.0325. The number of aliphatic hydroxyl groups excluding tert-OH is 1. The highest BCUT2D eigenvalue weighted by molar-refractivity contribution is 6.13. The fourth-order valence-electron chi connectivity index (χ4n) is 1.81. The average Bonchev–Trinajstić information content (AvgIpc) is 2.45. The number of benzene rings is 1. The number of allylic oxidation sites excluding steroid dienone is 1. The number of carbonyl (C=O) groups excluding carboxylic acids is 1. The van der Waals surface area contributed by atoms with Crippen molar-refractivity contribution in [3.63, 3.8) is 0 Å². The maximum Gasteiger partial charge on any atom is 0.192 e. The number of rotatable bonds is 1. The fourth-order valence-corrected chi connectivity index (χ4v) is 1.81. The van der Waals surface area contributed by atoms with Crippen molar-refractivity contribution in [3.8, 4) is 0 Å². The van der Waals surface area contributed by atoms with E-state index in [0.29, 0.717) is 11.1 Å². The van der Waals surface area contributed by atoms with E-state index in [2.05, 4.69) is 0 Å².